The van der Waals surface area contributed by atoms with Crippen molar-refractivity contribution in [1.29, 1.82) is 0 Å². The maximum absolute atomic E-state index is 4.21. The molecule has 0 radical (unpaired) electrons. The second kappa shape index (κ2) is 9.46. The topological polar surface area (TPSA) is 90.3 Å². The third kappa shape index (κ3) is 5.17. The van der Waals surface area contributed by atoms with Crippen LogP contribution in [0, 0.1) is 0 Å². The molecule has 2 rings (SSSR count). The van der Waals surface area contributed by atoms with E-state index in [0.29, 0.717) is 0 Å². The Kier molecular flexibility index (Phi) is 7.56. The molecule has 0 bridgehead atoms. The van der Waals surface area contributed by atoms with Crippen LogP contribution in [0.3, 0.4) is 0 Å². The van der Waals surface area contributed by atoms with Crippen LogP contribution in [0.1, 0.15) is 0 Å². The summed E-state index contributed by atoms with van der Waals surface area (Å²) in [6, 6.07) is 0. The molecule has 0 saturated heterocycles. The minimum absolute atomic E-state index is 0.774. The minimum atomic E-state index is 0.774. The van der Waals surface area contributed by atoms with E-state index in [0.717, 1.165) is 33.1 Å². The van der Waals surface area contributed by atoms with Gasteiger partial charge in [-0.25, -0.2) is 0 Å². The lowest BCUT2D eigenvalue weighted by molar-refractivity contribution is 0.784. The second-order valence-corrected chi connectivity index (χ2v) is 10.2. The zero-order valence-corrected chi connectivity index (χ0v) is 19.1. The molecule has 2 aromatic rings. The molecule has 0 aromatic carbocycles. The Morgan fingerprint density at radius 2 is 0.889 bits per heavy atom. The van der Waals surface area contributed by atoms with E-state index in [1.807, 2.05) is 76.0 Å². The molecule has 13 heteroatoms. The first kappa shape index (κ1) is 21.6. The predicted octanol–water partition coefficient (Wildman–Crippen LogP) is 1.77. The van der Waals surface area contributed by atoms with E-state index in [9.17, 15) is 0 Å². The number of hydrogen-bond donors (Lipinski definition) is 0. The number of hydrogen-bond acceptors (Lipinski definition) is 13. The van der Waals surface area contributed by atoms with Crippen molar-refractivity contribution in [3.8, 4) is 0 Å². The van der Waals surface area contributed by atoms with Gasteiger partial charge in [0, 0.05) is 56.4 Å². The molecule has 0 aliphatic rings. The Balaban J connectivity index is 2.23. The number of rotatable bonds is 8. The highest BCUT2D eigenvalue weighted by molar-refractivity contribution is 9.09. The molecule has 0 amide bonds. The summed E-state index contributed by atoms with van der Waals surface area (Å²) in [6.07, 6.45) is 0. The average molecular weight is 429 g/mol. The average Bonchev–Trinajstić information content (AvgIpc) is 2.60. The SMILES string of the molecule is CN(C)c1nnnc(SSSc2nnnc(N(C)C)c2N(C)C)c1N(C)C. The van der Waals surface area contributed by atoms with Crippen molar-refractivity contribution >= 4 is 54.4 Å². The van der Waals surface area contributed by atoms with Crippen molar-refractivity contribution in [2.45, 2.75) is 10.1 Å². The summed E-state index contributed by atoms with van der Waals surface area (Å²) in [5.41, 5.74) is 1.85. The number of anilines is 4. The van der Waals surface area contributed by atoms with E-state index >= 15 is 0 Å². The molecule has 0 aliphatic heterocycles. The van der Waals surface area contributed by atoms with Crippen molar-refractivity contribution in [2.75, 3.05) is 76.0 Å². The molecule has 2 aromatic heterocycles. The van der Waals surface area contributed by atoms with Gasteiger partial charge in [0.05, 0.1) is 0 Å². The first-order valence-corrected chi connectivity index (χ1v) is 11.4. The fourth-order valence-electron chi connectivity index (χ4n) is 2.17. The van der Waals surface area contributed by atoms with Gasteiger partial charge in [0.25, 0.3) is 0 Å². The summed E-state index contributed by atoms with van der Waals surface area (Å²) in [6.45, 7) is 0. The van der Waals surface area contributed by atoms with Crippen molar-refractivity contribution < 1.29 is 0 Å². The Labute approximate surface area is 171 Å². The lowest BCUT2D eigenvalue weighted by Gasteiger charge is -2.22. The van der Waals surface area contributed by atoms with Gasteiger partial charge in [-0.05, 0) is 41.8 Å². The highest BCUT2D eigenvalue weighted by Gasteiger charge is 2.20. The second-order valence-electron chi connectivity index (χ2n) is 6.35. The molecule has 0 saturated carbocycles. The first-order valence-electron chi connectivity index (χ1n) is 7.91. The molecule has 27 heavy (non-hydrogen) atoms. The van der Waals surface area contributed by atoms with Gasteiger partial charge in [-0.3, -0.25) is 0 Å². The Morgan fingerprint density at radius 1 is 0.519 bits per heavy atom. The van der Waals surface area contributed by atoms with Crippen LogP contribution < -0.4 is 19.6 Å². The highest BCUT2D eigenvalue weighted by atomic mass is 33.5. The summed E-state index contributed by atoms with van der Waals surface area (Å²) in [4.78, 5) is 7.83. The smallest absolute Gasteiger partial charge is 0.179 e. The summed E-state index contributed by atoms with van der Waals surface area (Å²) in [7, 11) is 20.2. The normalized spacial score (nSPS) is 10.7. The van der Waals surface area contributed by atoms with Crippen molar-refractivity contribution in [3.05, 3.63) is 0 Å². The van der Waals surface area contributed by atoms with E-state index in [-0.39, 0.29) is 0 Å². The van der Waals surface area contributed by atoms with Gasteiger partial charge in [-0.1, -0.05) is 0 Å². The Morgan fingerprint density at radius 3 is 1.19 bits per heavy atom. The predicted molar refractivity (Wildman–Crippen MR) is 116 cm³/mol. The standard InChI is InChI=1S/C14H24N10S3/c1-21(2)9-11(23(5)6)15-19-17-13(9)25-27-26-14-10(22(3)4)12(24(7)8)16-20-18-14/h1-8H3. The van der Waals surface area contributed by atoms with Gasteiger partial charge in [0.15, 0.2) is 21.7 Å². The quantitative estimate of drug-likeness (QED) is 0.572. The van der Waals surface area contributed by atoms with Crippen LogP contribution in [0.4, 0.5) is 23.0 Å². The lowest BCUT2D eigenvalue weighted by Crippen LogP contribution is -2.20. The van der Waals surface area contributed by atoms with Crippen LogP contribution in [0.15, 0.2) is 10.1 Å². The maximum Gasteiger partial charge on any atom is 0.179 e. The van der Waals surface area contributed by atoms with Gasteiger partial charge in [0.1, 0.15) is 11.4 Å². The number of nitrogens with zero attached hydrogens (tertiary/aromatic N) is 10. The van der Waals surface area contributed by atoms with Gasteiger partial charge in [0.2, 0.25) is 0 Å². The van der Waals surface area contributed by atoms with Crippen LogP contribution in [0.25, 0.3) is 0 Å². The van der Waals surface area contributed by atoms with E-state index in [4.69, 9.17) is 0 Å². The molecule has 0 aliphatic carbocycles. The molecule has 10 nitrogen and oxygen atoms in total. The Hall–Kier alpha value is -1.73. The van der Waals surface area contributed by atoms with E-state index in [2.05, 4.69) is 30.8 Å². The zero-order valence-electron chi connectivity index (χ0n) is 16.7. The van der Waals surface area contributed by atoms with E-state index < -0.39 is 0 Å². The van der Waals surface area contributed by atoms with Gasteiger partial charge < -0.3 is 19.6 Å². The molecular weight excluding hydrogens is 404 g/mol. The Bertz CT molecular complexity index is 705. The third-order valence-corrected chi connectivity index (χ3v) is 6.93. The fraction of sp³-hybridized carbons (Fsp3) is 0.571. The molecule has 2 heterocycles. The van der Waals surface area contributed by atoms with Crippen LogP contribution >= 0.6 is 31.4 Å². The highest BCUT2D eigenvalue weighted by Crippen LogP contribution is 2.49. The largest absolute Gasteiger partial charge is 0.372 e. The molecular formula is C14H24N10S3. The van der Waals surface area contributed by atoms with Crippen LogP contribution in [0.5, 0.6) is 0 Å². The maximum atomic E-state index is 4.21. The van der Waals surface area contributed by atoms with Crippen LogP contribution in [-0.4, -0.2) is 87.2 Å². The summed E-state index contributed by atoms with van der Waals surface area (Å²) < 4.78 is 0. The molecule has 148 valence electrons. The molecule has 0 spiro atoms. The summed E-state index contributed by atoms with van der Waals surface area (Å²) in [5.74, 6) is 1.55. The van der Waals surface area contributed by atoms with E-state index in [1.54, 1.807) is 9.83 Å². The first-order chi connectivity index (χ1) is 12.7. The van der Waals surface area contributed by atoms with Gasteiger partial charge in [-0.15, -0.1) is 20.4 Å². The zero-order chi connectivity index (χ0) is 20.1. The summed E-state index contributed by atoms with van der Waals surface area (Å²) >= 11 is 0. The minimum Gasteiger partial charge on any atom is -0.372 e. The monoisotopic (exact) mass is 428 g/mol. The molecule has 0 atom stereocenters. The lowest BCUT2D eigenvalue weighted by atomic mass is 10.4. The third-order valence-electron chi connectivity index (χ3n) is 3.35. The molecule has 0 fully saturated rings. The number of aromatic nitrogens is 6. The van der Waals surface area contributed by atoms with Crippen molar-refractivity contribution in [3.63, 3.8) is 0 Å². The molecule has 0 unspecified atom stereocenters. The molecule has 0 N–H and O–H groups in total. The van der Waals surface area contributed by atoms with Gasteiger partial charge in [-0.2, -0.15) is 0 Å². The van der Waals surface area contributed by atoms with Crippen LogP contribution in [0.2, 0.25) is 0 Å². The van der Waals surface area contributed by atoms with Crippen molar-refractivity contribution in [1.82, 2.24) is 30.8 Å². The fourth-order valence-corrected chi connectivity index (χ4v) is 5.81. The van der Waals surface area contributed by atoms with E-state index in [1.165, 1.54) is 21.6 Å². The van der Waals surface area contributed by atoms with Crippen LogP contribution in [-0.2, 0) is 0 Å². The summed E-state index contributed by atoms with van der Waals surface area (Å²) in [5, 5.41) is 26.1. The van der Waals surface area contributed by atoms with Crippen molar-refractivity contribution in [2.24, 2.45) is 0 Å². The van der Waals surface area contributed by atoms with Gasteiger partial charge >= 0.3 is 0 Å².